The monoisotopic (exact) mass is 345 g/mol. The predicted octanol–water partition coefficient (Wildman–Crippen LogP) is 4.78. The van der Waals surface area contributed by atoms with Crippen molar-refractivity contribution in [3.63, 3.8) is 0 Å². The normalized spacial score (nSPS) is 11.2. The van der Waals surface area contributed by atoms with Gasteiger partial charge in [-0.25, -0.2) is 4.79 Å². The smallest absolute Gasteiger partial charge is 0.341 e. The summed E-state index contributed by atoms with van der Waals surface area (Å²) in [4.78, 5) is 25.4. The highest BCUT2D eigenvalue weighted by Crippen LogP contribution is 2.29. The van der Waals surface area contributed by atoms with Crippen molar-refractivity contribution in [2.75, 3.05) is 11.9 Å². The number of benzene rings is 1. The molecule has 1 aromatic heterocycles. The van der Waals surface area contributed by atoms with E-state index in [-0.39, 0.29) is 11.3 Å². The van der Waals surface area contributed by atoms with Crippen molar-refractivity contribution in [2.45, 2.75) is 40.0 Å². The number of rotatable bonds is 4. The lowest BCUT2D eigenvalue weighted by atomic mass is 9.87. The SMILES string of the molecule is CCOC(=O)c1cc(C)sc1NC(=O)c1ccc(C(C)(C)C)cc1. The summed E-state index contributed by atoms with van der Waals surface area (Å²) in [6.45, 7) is 10.3. The van der Waals surface area contributed by atoms with Crippen LogP contribution in [0.4, 0.5) is 5.00 Å². The zero-order valence-corrected chi connectivity index (χ0v) is 15.5. The molecule has 1 N–H and O–H groups in total. The van der Waals surface area contributed by atoms with E-state index in [1.807, 2.05) is 19.1 Å². The molecule has 2 aromatic rings. The molecule has 1 amide bonds. The molecule has 0 bridgehead atoms. The summed E-state index contributed by atoms with van der Waals surface area (Å²) in [6, 6.07) is 9.27. The summed E-state index contributed by atoms with van der Waals surface area (Å²) in [5, 5.41) is 3.35. The fourth-order valence-electron chi connectivity index (χ4n) is 2.26. The van der Waals surface area contributed by atoms with Crippen molar-refractivity contribution in [3.8, 4) is 0 Å². The van der Waals surface area contributed by atoms with Gasteiger partial charge in [0.25, 0.3) is 5.91 Å². The number of nitrogens with one attached hydrogen (secondary N) is 1. The minimum absolute atomic E-state index is 0.0386. The fourth-order valence-corrected chi connectivity index (χ4v) is 3.16. The van der Waals surface area contributed by atoms with Crippen LogP contribution in [0.25, 0.3) is 0 Å². The Labute approximate surface area is 146 Å². The van der Waals surface area contributed by atoms with Gasteiger partial charge < -0.3 is 10.1 Å². The zero-order valence-electron chi connectivity index (χ0n) is 14.7. The average molecular weight is 345 g/mol. The number of carbonyl (C=O) groups is 2. The molecule has 0 aliphatic heterocycles. The molecule has 0 fully saturated rings. The van der Waals surface area contributed by atoms with Gasteiger partial charge in [-0.2, -0.15) is 0 Å². The highest BCUT2D eigenvalue weighted by molar-refractivity contribution is 7.16. The van der Waals surface area contributed by atoms with Crippen molar-refractivity contribution in [1.82, 2.24) is 0 Å². The van der Waals surface area contributed by atoms with Gasteiger partial charge in [-0.15, -0.1) is 11.3 Å². The number of thiophene rings is 1. The molecule has 0 aliphatic carbocycles. The van der Waals surface area contributed by atoms with Gasteiger partial charge in [-0.3, -0.25) is 4.79 Å². The Morgan fingerprint density at radius 2 is 1.79 bits per heavy atom. The third-order valence-electron chi connectivity index (χ3n) is 3.59. The number of aryl methyl sites for hydroxylation is 1. The molecule has 0 aliphatic rings. The van der Waals surface area contributed by atoms with Crippen LogP contribution in [0.5, 0.6) is 0 Å². The maximum atomic E-state index is 12.5. The third kappa shape index (κ3) is 4.23. The van der Waals surface area contributed by atoms with E-state index in [9.17, 15) is 9.59 Å². The zero-order chi connectivity index (χ0) is 17.9. The molecule has 0 unspecified atom stereocenters. The van der Waals surface area contributed by atoms with Crippen LogP contribution in [-0.2, 0) is 10.2 Å². The first kappa shape index (κ1) is 18.2. The Bertz CT molecular complexity index is 739. The summed E-state index contributed by atoms with van der Waals surface area (Å²) < 4.78 is 5.04. The number of hydrogen-bond donors (Lipinski definition) is 1. The minimum Gasteiger partial charge on any atom is -0.462 e. The summed E-state index contributed by atoms with van der Waals surface area (Å²) in [5.41, 5.74) is 2.16. The molecule has 4 nitrogen and oxygen atoms in total. The fraction of sp³-hybridized carbons (Fsp3) is 0.368. The van der Waals surface area contributed by atoms with Crippen LogP contribution in [0.1, 0.15) is 58.9 Å². The molecule has 0 radical (unpaired) electrons. The van der Waals surface area contributed by atoms with E-state index in [1.54, 1.807) is 25.1 Å². The van der Waals surface area contributed by atoms with Crippen molar-refractivity contribution in [1.29, 1.82) is 0 Å². The molecule has 128 valence electrons. The summed E-state index contributed by atoms with van der Waals surface area (Å²) in [7, 11) is 0. The molecule has 0 spiro atoms. The number of ether oxygens (including phenoxy) is 1. The maximum absolute atomic E-state index is 12.5. The van der Waals surface area contributed by atoms with Crippen molar-refractivity contribution >= 4 is 28.2 Å². The first-order chi connectivity index (χ1) is 11.2. The van der Waals surface area contributed by atoms with Gasteiger partial charge in [-0.05, 0) is 43.0 Å². The van der Waals surface area contributed by atoms with E-state index in [0.29, 0.717) is 22.7 Å². The second-order valence-electron chi connectivity index (χ2n) is 6.60. The van der Waals surface area contributed by atoms with Gasteiger partial charge in [-0.1, -0.05) is 32.9 Å². The molecule has 1 heterocycles. The Morgan fingerprint density at radius 3 is 2.33 bits per heavy atom. The van der Waals surface area contributed by atoms with Crippen molar-refractivity contribution in [2.24, 2.45) is 0 Å². The van der Waals surface area contributed by atoms with Crippen LogP contribution in [0, 0.1) is 6.92 Å². The van der Waals surface area contributed by atoms with E-state index < -0.39 is 5.97 Å². The first-order valence-corrected chi connectivity index (χ1v) is 8.73. The summed E-state index contributed by atoms with van der Waals surface area (Å²) in [5.74, 6) is -0.650. The number of carbonyl (C=O) groups excluding carboxylic acids is 2. The number of hydrogen-bond acceptors (Lipinski definition) is 4. The number of esters is 1. The lowest BCUT2D eigenvalue weighted by molar-refractivity contribution is 0.0528. The first-order valence-electron chi connectivity index (χ1n) is 7.92. The molecular formula is C19H23NO3S. The lowest BCUT2D eigenvalue weighted by Crippen LogP contribution is -2.15. The van der Waals surface area contributed by atoms with E-state index in [0.717, 1.165) is 4.88 Å². The van der Waals surface area contributed by atoms with Gasteiger partial charge in [0.2, 0.25) is 0 Å². The van der Waals surface area contributed by atoms with Gasteiger partial charge in [0, 0.05) is 10.4 Å². The van der Waals surface area contributed by atoms with Gasteiger partial charge in [0.1, 0.15) is 5.00 Å². The van der Waals surface area contributed by atoms with Crippen LogP contribution in [0.2, 0.25) is 0 Å². The predicted molar refractivity (Wildman–Crippen MR) is 98.1 cm³/mol. The van der Waals surface area contributed by atoms with Gasteiger partial charge >= 0.3 is 5.97 Å². The molecule has 24 heavy (non-hydrogen) atoms. The molecule has 1 aromatic carbocycles. The topological polar surface area (TPSA) is 55.4 Å². The molecular weight excluding hydrogens is 322 g/mol. The molecule has 0 atom stereocenters. The quantitative estimate of drug-likeness (QED) is 0.811. The average Bonchev–Trinajstić information content (AvgIpc) is 2.87. The Kier molecular flexibility index (Phi) is 5.44. The van der Waals surface area contributed by atoms with Crippen molar-refractivity contribution in [3.05, 3.63) is 51.9 Å². The van der Waals surface area contributed by atoms with Crippen LogP contribution in [0.15, 0.2) is 30.3 Å². The van der Waals surface area contributed by atoms with Crippen molar-refractivity contribution < 1.29 is 14.3 Å². The molecule has 5 heteroatoms. The van der Waals surface area contributed by atoms with Gasteiger partial charge in [0.05, 0.1) is 12.2 Å². The largest absolute Gasteiger partial charge is 0.462 e. The number of anilines is 1. The Balaban J connectivity index is 2.19. The second kappa shape index (κ2) is 7.18. The van der Waals surface area contributed by atoms with E-state index in [4.69, 9.17) is 4.74 Å². The molecule has 0 saturated heterocycles. The highest BCUT2D eigenvalue weighted by atomic mass is 32.1. The third-order valence-corrected chi connectivity index (χ3v) is 4.56. The Morgan fingerprint density at radius 1 is 1.17 bits per heavy atom. The number of amides is 1. The lowest BCUT2D eigenvalue weighted by Gasteiger charge is -2.19. The van der Waals surface area contributed by atoms with Crippen LogP contribution < -0.4 is 5.32 Å². The molecule has 2 rings (SSSR count). The standard InChI is InChI=1S/C19H23NO3S/c1-6-23-18(22)15-11-12(2)24-17(15)20-16(21)13-7-9-14(10-8-13)19(3,4)5/h7-11H,6H2,1-5H3,(H,20,21). The highest BCUT2D eigenvalue weighted by Gasteiger charge is 2.19. The second-order valence-corrected chi connectivity index (χ2v) is 7.86. The maximum Gasteiger partial charge on any atom is 0.341 e. The summed E-state index contributed by atoms with van der Waals surface area (Å²) in [6.07, 6.45) is 0. The molecule has 0 saturated carbocycles. The van der Waals surface area contributed by atoms with Crippen LogP contribution in [0.3, 0.4) is 0 Å². The van der Waals surface area contributed by atoms with E-state index >= 15 is 0 Å². The van der Waals surface area contributed by atoms with Gasteiger partial charge in [0.15, 0.2) is 0 Å². The minimum atomic E-state index is -0.416. The van der Waals surface area contributed by atoms with Crippen LogP contribution >= 0.6 is 11.3 Å². The van der Waals surface area contributed by atoms with Crippen LogP contribution in [-0.4, -0.2) is 18.5 Å². The summed E-state index contributed by atoms with van der Waals surface area (Å²) >= 11 is 1.37. The van der Waals surface area contributed by atoms with E-state index in [2.05, 4.69) is 26.1 Å². The Hall–Kier alpha value is -2.14. The van der Waals surface area contributed by atoms with E-state index in [1.165, 1.54) is 16.9 Å².